The Morgan fingerprint density at radius 2 is 1.88 bits per heavy atom. The Kier molecular flexibility index (Phi) is 5.98. The second kappa shape index (κ2) is 8.24. The van der Waals surface area contributed by atoms with Crippen LogP contribution in [0.25, 0.3) is 10.9 Å². The Labute approximate surface area is 184 Å². The fourth-order valence-corrected chi connectivity index (χ4v) is 3.84. The summed E-state index contributed by atoms with van der Waals surface area (Å²) in [6.07, 6.45) is -0.822. The van der Waals surface area contributed by atoms with Crippen molar-refractivity contribution in [2.24, 2.45) is 0 Å². The topological polar surface area (TPSA) is 143 Å². The zero-order valence-electron chi connectivity index (χ0n) is 17.9. The van der Waals surface area contributed by atoms with Crippen LogP contribution < -0.4 is 4.90 Å². The number of aryl methyl sites for hydroxylation is 1. The van der Waals surface area contributed by atoms with Crippen LogP contribution in [0.15, 0.2) is 47.4 Å². The van der Waals surface area contributed by atoms with E-state index in [1.807, 2.05) is 0 Å². The lowest BCUT2D eigenvalue weighted by molar-refractivity contribution is -0.384. The fraction of sp³-hybridized carbons (Fsp3) is 0.286. The Morgan fingerprint density at radius 1 is 1.19 bits per heavy atom. The normalized spacial score (nSPS) is 12.0. The summed E-state index contributed by atoms with van der Waals surface area (Å²) in [4.78, 5) is 27.3. The van der Waals surface area contributed by atoms with E-state index in [9.17, 15) is 27.9 Å². The van der Waals surface area contributed by atoms with Crippen molar-refractivity contribution < 1.29 is 27.4 Å². The van der Waals surface area contributed by atoms with Gasteiger partial charge >= 0.3 is 6.09 Å². The number of nitro groups is 1. The average Bonchev–Trinajstić information content (AvgIpc) is 3.05. The smallest absolute Gasteiger partial charge is 0.415 e. The number of ether oxygens (including phenoxy) is 1. The summed E-state index contributed by atoms with van der Waals surface area (Å²) < 4.78 is 39.1. The molecule has 0 unspecified atom stereocenters. The molecule has 3 rings (SSSR count). The first-order valence-electron chi connectivity index (χ1n) is 9.59. The standard InChI is InChI=1S/C21H23N3O7S/c1-13-5-8-19(32(28,29)30)18(9-13)23(20(25)31-21(2,3)4)12-15-10-14-11-16(24(26)27)6-7-17(14)22-15/h5-11,22H,12H2,1-4H3,(H,28,29,30). The number of carbonyl (C=O) groups is 1. The third-order valence-electron chi connectivity index (χ3n) is 4.50. The number of hydrogen-bond acceptors (Lipinski definition) is 6. The molecule has 170 valence electrons. The molecule has 0 atom stereocenters. The van der Waals surface area contributed by atoms with Crippen LogP contribution in [0.5, 0.6) is 0 Å². The Bertz CT molecular complexity index is 1310. The molecule has 32 heavy (non-hydrogen) atoms. The Morgan fingerprint density at radius 3 is 2.47 bits per heavy atom. The summed E-state index contributed by atoms with van der Waals surface area (Å²) in [6.45, 7) is 6.59. The predicted molar refractivity (Wildman–Crippen MR) is 118 cm³/mol. The molecule has 11 heteroatoms. The van der Waals surface area contributed by atoms with E-state index in [-0.39, 0.29) is 17.9 Å². The molecule has 1 aromatic heterocycles. The van der Waals surface area contributed by atoms with E-state index in [0.717, 1.165) is 4.90 Å². The molecule has 0 spiro atoms. The molecule has 0 aliphatic heterocycles. The molecule has 2 N–H and O–H groups in total. The van der Waals surface area contributed by atoms with E-state index in [4.69, 9.17) is 4.74 Å². The number of nitrogens with one attached hydrogen (secondary N) is 1. The minimum absolute atomic E-state index is 0.0496. The summed E-state index contributed by atoms with van der Waals surface area (Å²) in [7, 11) is -4.64. The molecule has 1 amide bonds. The molecule has 0 aliphatic carbocycles. The number of aromatic nitrogens is 1. The lowest BCUT2D eigenvalue weighted by Crippen LogP contribution is -2.37. The fourth-order valence-electron chi connectivity index (χ4n) is 3.17. The Balaban J connectivity index is 2.11. The molecular formula is C21H23N3O7S. The molecule has 0 bridgehead atoms. The van der Waals surface area contributed by atoms with Gasteiger partial charge in [0.25, 0.3) is 15.8 Å². The minimum atomic E-state index is -4.64. The highest BCUT2D eigenvalue weighted by atomic mass is 32.2. The second-order valence-corrected chi connectivity index (χ2v) is 9.73. The quantitative estimate of drug-likeness (QED) is 0.322. The number of non-ortho nitro benzene ring substituents is 1. The number of H-pyrrole nitrogens is 1. The largest absolute Gasteiger partial charge is 0.443 e. The molecule has 0 fully saturated rings. The number of aromatic amines is 1. The first kappa shape index (κ1) is 23.2. The molecule has 3 aromatic rings. The van der Waals surface area contributed by atoms with Crippen molar-refractivity contribution in [1.82, 2.24) is 4.98 Å². The molecule has 0 radical (unpaired) electrons. The molecule has 10 nitrogen and oxygen atoms in total. The van der Waals surface area contributed by atoms with Crippen molar-refractivity contribution in [3.05, 3.63) is 63.8 Å². The van der Waals surface area contributed by atoms with Crippen molar-refractivity contribution in [2.45, 2.75) is 44.7 Å². The van der Waals surface area contributed by atoms with Gasteiger partial charge in [0.1, 0.15) is 10.5 Å². The van der Waals surface area contributed by atoms with E-state index >= 15 is 0 Å². The van der Waals surface area contributed by atoms with Crippen molar-refractivity contribution in [3.63, 3.8) is 0 Å². The van der Waals surface area contributed by atoms with Crippen LogP contribution >= 0.6 is 0 Å². The number of nitro benzene ring substituents is 1. The van der Waals surface area contributed by atoms with Crippen LogP contribution in [0, 0.1) is 17.0 Å². The van der Waals surface area contributed by atoms with Gasteiger partial charge < -0.3 is 9.72 Å². The van der Waals surface area contributed by atoms with Gasteiger partial charge in [-0.05, 0) is 57.5 Å². The maximum absolute atomic E-state index is 13.0. The van der Waals surface area contributed by atoms with Crippen molar-refractivity contribution in [2.75, 3.05) is 4.90 Å². The van der Waals surface area contributed by atoms with Crippen molar-refractivity contribution in [1.29, 1.82) is 0 Å². The highest BCUT2D eigenvalue weighted by molar-refractivity contribution is 7.86. The number of amides is 1. The van der Waals surface area contributed by atoms with Crippen LogP contribution in [-0.2, 0) is 21.4 Å². The molecule has 1 heterocycles. The van der Waals surface area contributed by atoms with Gasteiger partial charge in [-0.1, -0.05) is 6.07 Å². The summed E-state index contributed by atoms with van der Waals surface area (Å²) in [5.41, 5.74) is 0.750. The maximum atomic E-state index is 13.0. The van der Waals surface area contributed by atoms with Gasteiger partial charge in [0.15, 0.2) is 0 Å². The van der Waals surface area contributed by atoms with E-state index < -0.39 is 31.6 Å². The number of hydrogen-bond donors (Lipinski definition) is 2. The summed E-state index contributed by atoms with van der Waals surface area (Å²) in [6, 6.07) is 10.1. The zero-order valence-corrected chi connectivity index (χ0v) is 18.8. The minimum Gasteiger partial charge on any atom is -0.443 e. The SMILES string of the molecule is Cc1ccc(S(=O)(=O)O)c(N(Cc2cc3cc([N+](=O)[O-])ccc3[nH]2)C(=O)OC(C)(C)C)c1. The van der Waals surface area contributed by atoms with E-state index in [2.05, 4.69) is 4.98 Å². The number of rotatable bonds is 5. The van der Waals surface area contributed by atoms with Crippen molar-refractivity contribution >= 4 is 38.5 Å². The number of fused-ring (bicyclic) bond motifs is 1. The first-order valence-corrected chi connectivity index (χ1v) is 11.0. The third kappa shape index (κ3) is 5.24. The maximum Gasteiger partial charge on any atom is 0.415 e. The number of nitrogens with zero attached hydrogens (tertiary/aromatic N) is 2. The summed E-state index contributed by atoms with van der Waals surface area (Å²) in [5.74, 6) is 0. The van der Waals surface area contributed by atoms with Crippen LogP contribution in [0.4, 0.5) is 16.2 Å². The lowest BCUT2D eigenvalue weighted by atomic mass is 10.2. The van der Waals surface area contributed by atoms with Crippen LogP contribution in [0.3, 0.4) is 0 Å². The van der Waals surface area contributed by atoms with Crippen LogP contribution in [0.1, 0.15) is 32.0 Å². The summed E-state index contributed by atoms with van der Waals surface area (Å²) >= 11 is 0. The lowest BCUT2D eigenvalue weighted by Gasteiger charge is -2.28. The molecule has 0 aliphatic rings. The molecule has 2 aromatic carbocycles. The van der Waals surface area contributed by atoms with Crippen molar-refractivity contribution in [3.8, 4) is 0 Å². The molecule has 0 saturated heterocycles. The van der Waals surface area contributed by atoms with Gasteiger partial charge in [-0.3, -0.25) is 19.6 Å². The first-order chi connectivity index (χ1) is 14.7. The van der Waals surface area contributed by atoms with E-state index in [1.165, 1.54) is 30.3 Å². The van der Waals surface area contributed by atoms with Crippen LogP contribution in [-0.4, -0.2) is 34.6 Å². The monoisotopic (exact) mass is 461 g/mol. The molecular weight excluding hydrogens is 438 g/mol. The second-order valence-electron chi connectivity index (χ2n) is 8.34. The van der Waals surface area contributed by atoms with Gasteiger partial charge in [0.05, 0.1) is 17.2 Å². The highest BCUT2D eigenvalue weighted by Gasteiger charge is 2.29. The van der Waals surface area contributed by atoms with Gasteiger partial charge in [-0.15, -0.1) is 0 Å². The Hall–Kier alpha value is -3.44. The average molecular weight is 461 g/mol. The summed E-state index contributed by atoms with van der Waals surface area (Å²) in [5, 5.41) is 11.6. The predicted octanol–water partition coefficient (Wildman–Crippen LogP) is 4.57. The van der Waals surface area contributed by atoms with Gasteiger partial charge in [0.2, 0.25) is 0 Å². The van der Waals surface area contributed by atoms with Gasteiger partial charge in [-0.2, -0.15) is 8.42 Å². The molecule has 0 saturated carbocycles. The number of anilines is 1. The van der Waals surface area contributed by atoms with E-state index in [0.29, 0.717) is 22.2 Å². The van der Waals surface area contributed by atoms with E-state index in [1.54, 1.807) is 39.8 Å². The zero-order chi connectivity index (χ0) is 23.8. The van der Waals surface area contributed by atoms with Crippen LogP contribution in [0.2, 0.25) is 0 Å². The van der Waals surface area contributed by atoms with Gasteiger partial charge in [0, 0.05) is 28.7 Å². The highest BCUT2D eigenvalue weighted by Crippen LogP contribution is 2.30. The van der Waals surface area contributed by atoms with Gasteiger partial charge in [-0.25, -0.2) is 4.79 Å². The third-order valence-corrected chi connectivity index (χ3v) is 5.40. The number of carbonyl (C=O) groups excluding carboxylic acids is 1. The number of benzene rings is 2.